The first kappa shape index (κ1) is 12.0. The quantitative estimate of drug-likeness (QED) is 0.639. The Bertz CT molecular complexity index is 463. The Morgan fingerprint density at radius 1 is 1.33 bits per heavy atom. The maximum atomic E-state index is 11.4. The highest BCUT2D eigenvalue weighted by atomic mass is 32.2. The summed E-state index contributed by atoms with van der Waals surface area (Å²) in [5.41, 5.74) is 0.658. The standard InChI is InChI=1S/C9H10N2O2S2/c1-10-15(12,13)9-4-2-8(3-5-9)11-6-7-14/h2-7,10H,1H3. The first-order valence-electron chi connectivity index (χ1n) is 4.11. The second-order valence-electron chi connectivity index (χ2n) is 2.62. The van der Waals surface area contributed by atoms with Gasteiger partial charge in [0, 0.05) is 11.6 Å². The Morgan fingerprint density at radius 3 is 2.40 bits per heavy atom. The summed E-state index contributed by atoms with van der Waals surface area (Å²) in [6, 6.07) is 6.20. The largest absolute Gasteiger partial charge is 0.256 e. The fourth-order valence-electron chi connectivity index (χ4n) is 0.946. The Kier molecular flexibility index (Phi) is 4.07. The van der Waals surface area contributed by atoms with Gasteiger partial charge in [-0.15, -0.1) is 0 Å². The zero-order valence-electron chi connectivity index (χ0n) is 8.04. The molecule has 4 nitrogen and oxygen atoms in total. The lowest BCUT2D eigenvalue weighted by Gasteiger charge is -2.01. The van der Waals surface area contributed by atoms with Crippen molar-refractivity contribution in [2.75, 3.05) is 7.05 Å². The lowest BCUT2D eigenvalue weighted by atomic mass is 10.3. The van der Waals surface area contributed by atoms with Crippen molar-refractivity contribution in [2.24, 2.45) is 4.99 Å². The van der Waals surface area contributed by atoms with Gasteiger partial charge in [0.2, 0.25) is 10.0 Å². The van der Waals surface area contributed by atoms with Crippen molar-refractivity contribution in [1.82, 2.24) is 4.72 Å². The van der Waals surface area contributed by atoms with Crippen LogP contribution >= 0.6 is 12.2 Å². The van der Waals surface area contributed by atoms with Crippen molar-refractivity contribution < 1.29 is 8.42 Å². The van der Waals surface area contributed by atoms with E-state index < -0.39 is 10.0 Å². The molecule has 1 N–H and O–H groups in total. The van der Waals surface area contributed by atoms with Crippen LogP contribution in [0.1, 0.15) is 0 Å². The molecule has 0 bridgehead atoms. The molecule has 0 aliphatic rings. The fraction of sp³-hybridized carbons (Fsp3) is 0.111. The van der Waals surface area contributed by atoms with Gasteiger partial charge in [0.25, 0.3) is 0 Å². The molecule has 0 amide bonds. The molecule has 0 aliphatic heterocycles. The van der Waals surface area contributed by atoms with Crippen molar-refractivity contribution in [3.63, 3.8) is 0 Å². The molecule has 0 spiro atoms. The van der Waals surface area contributed by atoms with Gasteiger partial charge in [0.1, 0.15) is 0 Å². The maximum Gasteiger partial charge on any atom is 0.240 e. The topological polar surface area (TPSA) is 58.5 Å². The number of aliphatic imine (C=N–C) groups is 1. The molecule has 80 valence electrons. The van der Waals surface area contributed by atoms with Crippen LogP contribution in [0.15, 0.2) is 34.2 Å². The highest BCUT2D eigenvalue weighted by molar-refractivity contribution is 7.89. The summed E-state index contributed by atoms with van der Waals surface area (Å²) in [6.07, 6.45) is 1.47. The highest BCUT2D eigenvalue weighted by Crippen LogP contribution is 2.15. The fourth-order valence-corrected chi connectivity index (χ4v) is 1.74. The molecular weight excluding hydrogens is 232 g/mol. The summed E-state index contributed by atoms with van der Waals surface area (Å²) in [6.45, 7) is 0. The van der Waals surface area contributed by atoms with Gasteiger partial charge in [0.15, 0.2) is 0 Å². The van der Waals surface area contributed by atoms with Crippen LogP contribution in [0.2, 0.25) is 0 Å². The Morgan fingerprint density at radius 2 is 1.93 bits per heavy atom. The predicted octanol–water partition coefficient (Wildman–Crippen LogP) is 1.30. The second-order valence-corrected chi connectivity index (χ2v) is 4.77. The van der Waals surface area contributed by atoms with Gasteiger partial charge >= 0.3 is 0 Å². The molecule has 0 fully saturated rings. The van der Waals surface area contributed by atoms with Crippen LogP contribution in [0, 0.1) is 0 Å². The molecular formula is C9H10N2O2S2. The van der Waals surface area contributed by atoms with Crippen LogP contribution in [0.3, 0.4) is 0 Å². The number of thiocarbonyl (C=S) groups is 1. The minimum atomic E-state index is -3.37. The minimum Gasteiger partial charge on any atom is -0.256 e. The molecule has 6 heteroatoms. The minimum absolute atomic E-state index is 0.214. The number of nitrogens with one attached hydrogen (secondary N) is 1. The molecule has 1 aromatic carbocycles. The molecule has 0 saturated carbocycles. The van der Waals surface area contributed by atoms with Crippen LogP contribution < -0.4 is 4.72 Å². The van der Waals surface area contributed by atoms with Gasteiger partial charge in [-0.1, -0.05) is 12.2 Å². The molecule has 0 aromatic heterocycles. The van der Waals surface area contributed by atoms with E-state index in [0.29, 0.717) is 5.69 Å². The van der Waals surface area contributed by atoms with E-state index in [9.17, 15) is 8.42 Å². The van der Waals surface area contributed by atoms with Crippen molar-refractivity contribution >= 4 is 39.5 Å². The van der Waals surface area contributed by atoms with Crippen LogP contribution in [0.5, 0.6) is 0 Å². The van der Waals surface area contributed by atoms with E-state index >= 15 is 0 Å². The molecule has 0 radical (unpaired) electrons. The Hall–Kier alpha value is -1.11. The SMILES string of the molecule is CNS(=O)(=O)c1ccc(N=CC=S)cc1. The summed E-state index contributed by atoms with van der Waals surface area (Å²) in [5, 5.41) is 1.39. The normalized spacial score (nSPS) is 11.8. The van der Waals surface area contributed by atoms with E-state index in [1.165, 1.54) is 30.8 Å². The number of rotatable bonds is 4. The summed E-state index contributed by atoms with van der Waals surface area (Å²) >= 11 is 4.57. The molecule has 0 unspecified atom stereocenters. The third-order valence-corrected chi connectivity index (χ3v) is 3.25. The Balaban J connectivity index is 3.00. The summed E-state index contributed by atoms with van der Waals surface area (Å²) in [5.74, 6) is 0. The number of sulfonamides is 1. The van der Waals surface area contributed by atoms with Gasteiger partial charge in [0.05, 0.1) is 10.6 Å². The third-order valence-electron chi connectivity index (χ3n) is 1.70. The summed E-state index contributed by atoms with van der Waals surface area (Å²) in [7, 11) is -2.00. The van der Waals surface area contributed by atoms with E-state index in [0.717, 1.165) is 0 Å². The first-order chi connectivity index (χ1) is 7.10. The van der Waals surface area contributed by atoms with Gasteiger partial charge < -0.3 is 0 Å². The molecule has 0 saturated heterocycles. The van der Waals surface area contributed by atoms with Crippen LogP contribution in [0.25, 0.3) is 0 Å². The van der Waals surface area contributed by atoms with E-state index in [2.05, 4.69) is 21.9 Å². The summed E-state index contributed by atoms with van der Waals surface area (Å²) in [4.78, 5) is 4.19. The molecule has 0 atom stereocenters. The zero-order chi connectivity index (χ0) is 11.3. The van der Waals surface area contributed by atoms with Crippen molar-refractivity contribution in [2.45, 2.75) is 4.90 Å². The van der Waals surface area contributed by atoms with E-state index in [-0.39, 0.29) is 4.90 Å². The average Bonchev–Trinajstić information content (AvgIpc) is 2.27. The molecule has 0 aliphatic carbocycles. The van der Waals surface area contributed by atoms with Crippen molar-refractivity contribution in [3.8, 4) is 0 Å². The first-order valence-corrected chi connectivity index (χ1v) is 6.07. The molecule has 1 rings (SSSR count). The smallest absolute Gasteiger partial charge is 0.240 e. The number of benzene rings is 1. The third kappa shape index (κ3) is 3.19. The second kappa shape index (κ2) is 5.11. The van der Waals surface area contributed by atoms with Crippen LogP contribution in [-0.2, 0) is 10.0 Å². The van der Waals surface area contributed by atoms with Crippen LogP contribution in [-0.4, -0.2) is 27.0 Å². The highest BCUT2D eigenvalue weighted by Gasteiger charge is 2.09. The van der Waals surface area contributed by atoms with Gasteiger partial charge in [-0.25, -0.2) is 13.1 Å². The van der Waals surface area contributed by atoms with E-state index in [4.69, 9.17) is 0 Å². The molecule has 0 heterocycles. The lowest BCUT2D eigenvalue weighted by Crippen LogP contribution is -2.18. The van der Waals surface area contributed by atoms with E-state index in [1.54, 1.807) is 12.1 Å². The van der Waals surface area contributed by atoms with Crippen molar-refractivity contribution in [1.29, 1.82) is 0 Å². The summed E-state index contributed by atoms with van der Waals surface area (Å²) < 4.78 is 24.9. The van der Waals surface area contributed by atoms with Gasteiger partial charge in [-0.05, 0) is 31.3 Å². The number of hydrogen-bond acceptors (Lipinski definition) is 4. The predicted molar refractivity (Wildman–Crippen MR) is 64.5 cm³/mol. The number of hydrogen-bond donors (Lipinski definition) is 1. The molecule has 15 heavy (non-hydrogen) atoms. The van der Waals surface area contributed by atoms with Gasteiger partial charge in [-0.2, -0.15) is 0 Å². The monoisotopic (exact) mass is 242 g/mol. The number of nitrogens with zero attached hydrogens (tertiary/aromatic N) is 1. The maximum absolute atomic E-state index is 11.4. The van der Waals surface area contributed by atoms with Crippen LogP contribution in [0.4, 0.5) is 5.69 Å². The lowest BCUT2D eigenvalue weighted by molar-refractivity contribution is 0.588. The average molecular weight is 242 g/mol. The van der Waals surface area contributed by atoms with Crippen molar-refractivity contribution in [3.05, 3.63) is 24.3 Å². The molecule has 1 aromatic rings. The zero-order valence-corrected chi connectivity index (χ0v) is 9.68. The van der Waals surface area contributed by atoms with Gasteiger partial charge in [-0.3, -0.25) is 4.99 Å². The van der Waals surface area contributed by atoms with E-state index in [1.807, 2.05) is 0 Å². The Labute approximate surface area is 94.1 Å².